The number of rotatable bonds is 4. The number of nitrogen functional groups attached to an aromatic ring is 1. The van der Waals surface area contributed by atoms with Crippen molar-refractivity contribution >= 4 is 46.4 Å². The van der Waals surface area contributed by atoms with Crippen LogP contribution >= 0.6 is 34.7 Å². The molecule has 106 valence electrons. The summed E-state index contributed by atoms with van der Waals surface area (Å²) in [5, 5.41) is 9.18. The minimum atomic E-state index is -0.453. The SMILES string of the molecule is CCOC(=O)c1cc(N)cc(Cl)c1Sc1nnc(C)s1. The molecular weight excluding hydrogens is 318 g/mol. The van der Waals surface area contributed by atoms with Crippen molar-refractivity contribution in [2.45, 2.75) is 23.1 Å². The van der Waals surface area contributed by atoms with Crippen molar-refractivity contribution in [2.75, 3.05) is 12.3 Å². The van der Waals surface area contributed by atoms with E-state index in [0.29, 0.717) is 25.5 Å². The number of carbonyl (C=O) groups excluding carboxylic acids is 1. The maximum absolute atomic E-state index is 12.0. The van der Waals surface area contributed by atoms with Gasteiger partial charge in [-0.25, -0.2) is 4.79 Å². The van der Waals surface area contributed by atoms with E-state index in [9.17, 15) is 4.79 Å². The van der Waals surface area contributed by atoms with Gasteiger partial charge in [-0.05, 0) is 26.0 Å². The summed E-state index contributed by atoms with van der Waals surface area (Å²) in [5.41, 5.74) is 6.49. The zero-order chi connectivity index (χ0) is 14.7. The molecule has 0 aliphatic rings. The number of hydrogen-bond acceptors (Lipinski definition) is 7. The molecule has 1 heterocycles. The number of hydrogen-bond donors (Lipinski definition) is 1. The second-order valence-corrected chi connectivity index (χ2v) is 6.64. The van der Waals surface area contributed by atoms with Crippen molar-refractivity contribution in [3.63, 3.8) is 0 Å². The zero-order valence-electron chi connectivity index (χ0n) is 10.8. The highest BCUT2D eigenvalue weighted by Gasteiger charge is 2.19. The minimum Gasteiger partial charge on any atom is -0.462 e. The van der Waals surface area contributed by atoms with Gasteiger partial charge in [0.25, 0.3) is 0 Å². The average molecular weight is 330 g/mol. The number of halogens is 1. The molecule has 0 atom stereocenters. The molecular formula is C12H12ClN3O2S2. The van der Waals surface area contributed by atoms with Crippen LogP contribution in [0.15, 0.2) is 21.4 Å². The van der Waals surface area contributed by atoms with Gasteiger partial charge in [0.05, 0.1) is 17.2 Å². The fraction of sp³-hybridized carbons (Fsp3) is 0.250. The Balaban J connectivity index is 2.42. The van der Waals surface area contributed by atoms with Crippen molar-refractivity contribution in [3.05, 3.63) is 27.7 Å². The maximum Gasteiger partial charge on any atom is 0.339 e. The first-order chi connectivity index (χ1) is 9.51. The van der Waals surface area contributed by atoms with Crippen molar-refractivity contribution < 1.29 is 9.53 Å². The molecule has 0 amide bonds. The highest BCUT2D eigenvalue weighted by atomic mass is 35.5. The van der Waals surface area contributed by atoms with Gasteiger partial charge in [-0.15, -0.1) is 10.2 Å². The molecule has 20 heavy (non-hydrogen) atoms. The fourth-order valence-electron chi connectivity index (χ4n) is 1.49. The van der Waals surface area contributed by atoms with Gasteiger partial charge in [0.2, 0.25) is 0 Å². The summed E-state index contributed by atoms with van der Waals surface area (Å²) < 4.78 is 5.73. The molecule has 0 fully saturated rings. The topological polar surface area (TPSA) is 78.1 Å². The third-order valence-corrected chi connectivity index (χ3v) is 4.70. The zero-order valence-corrected chi connectivity index (χ0v) is 13.2. The molecule has 5 nitrogen and oxygen atoms in total. The van der Waals surface area contributed by atoms with Crippen LogP contribution in [0.1, 0.15) is 22.3 Å². The Labute approximate surface area is 129 Å². The lowest BCUT2D eigenvalue weighted by molar-refractivity contribution is 0.0522. The lowest BCUT2D eigenvalue weighted by Crippen LogP contribution is -2.07. The first kappa shape index (κ1) is 15.1. The lowest BCUT2D eigenvalue weighted by atomic mass is 10.2. The van der Waals surface area contributed by atoms with Crippen LogP contribution in [0, 0.1) is 6.92 Å². The number of ether oxygens (including phenoxy) is 1. The third kappa shape index (κ3) is 3.41. The van der Waals surface area contributed by atoms with E-state index in [1.54, 1.807) is 19.1 Å². The Hall–Kier alpha value is -1.31. The summed E-state index contributed by atoms with van der Waals surface area (Å²) in [6.45, 7) is 3.89. The summed E-state index contributed by atoms with van der Waals surface area (Å²) in [7, 11) is 0. The Morgan fingerprint density at radius 1 is 1.50 bits per heavy atom. The monoisotopic (exact) mass is 329 g/mol. The largest absolute Gasteiger partial charge is 0.462 e. The van der Waals surface area contributed by atoms with E-state index in [1.807, 2.05) is 6.92 Å². The molecule has 0 radical (unpaired) electrons. The quantitative estimate of drug-likeness (QED) is 0.684. The molecule has 0 aliphatic carbocycles. The third-order valence-electron chi connectivity index (χ3n) is 2.26. The summed E-state index contributed by atoms with van der Waals surface area (Å²) in [6.07, 6.45) is 0. The second-order valence-electron chi connectivity index (χ2n) is 3.79. The van der Waals surface area contributed by atoms with Crippen molar-refractivity contribution in [3.8, 4) is 0 Å². The van der Waals surface area contributed by atoms with Crippen molar-refractivity contribution in [2.24, 2.45) is 0 Å². The standard InChI is InChI=1S/C12H12ClN3O2S2/c1-3-18-11(17)8-4-7(14)5-9(13)10(8)20-12-16-15-6(2)19-12/h4-5H,3,14H2,1-2H3. The van der Waals surface area contributed by atoms with Crippen LogP contribution in [0.4, 0.5) is 5.69 Å². The number of benzene rings is 1. The van der Waals surface area contributed by atoms with Crippen LogP contribution in [0.2, 0.25) is 5.02 Å². The van der Waals surface area contributed by atoms with E-state index in [4.69, 9.17) is 22.1 Å². The molecule has 0 saturated heterocycles. The molecule has 8 heteroatoms. The van der Waals surface area contributed by atoms with Gasteiger partial charge in [0.15, 0.2) is 4.34 Å². The number of aromatic nitrogens is 2. The molecule has 2 N–H and O–H groups in total. The summed E-state index contributed by atoms with van der Waals surface area (Å²) >= 11 is 8.89. The van der Waals surface area contributed by atoms with Gasteiger partial charge in [-0.2, -0.15) is 0 Å². The average Bonchev–Trinajstić information content (AvgIpc) is 2.78. The number of nitrogens with two attached hydrogens (primary N) is 1. The van der Waals surface area contributed by atoms with Gasteiger partial charge in [-0.3, -0.25) is 0 Å². The number of nitrogens with zero attached hydrogens (tertiary/aromatic N) is 2. The van der Waals surface area contributed by atoms with Crippen LogP contribution in [0.5, 0.6) is 0 Å². The minimum absolute atomic E-state index is 0.285. The van der Waals surface area contributed by atoms with Gasteiger partial charge >= 0.3 is 5.97 Å². The predicted octanol–water partition coefficient (Wildman–Crippen LogP) is 3.41. The predicted molar refractivity (Wildman–Crippen MR) is 80.6 cm³/mol. The molecule has 2 aromatic rings. The van der Waals surface area contributed by atoms with E-state index >= 15 is 0 Å². The van der Waals surface area contributed by atoms with E-state index in [1.165, 1.54) is 23.1 Å². The van der Waals surface area contributed by atoms with E-state index in [2.05, 4.69) is 10.2 Å². The fourth-order valence-corrected chi connectivity index (χ4v) is 3.69. The molecule has 1 aromatic carbocycles. The Morgan fingerprint density at radius 3 is 2.85 bits per heavy atom. The maximum atomic E-state index is 12.0. The van der Waals surface area contributed by atoms with Crippen molar-refractivity contribution in [1.29, 1.82) is 0 Å². The summed E-state index contributed by atoms with van der Waals surface area (Å²) in [6, 6.07) is 3.15. The van der Waals surface area contributed by atoms with Gasteiger partial charge in [-0.1, -0.05) is 34.7 Å². The van der Waals surface area contributed by atoms with Gasteiger partial charge in [0.1, 0.15) is 5.01 Å². The second kappa shape index (κ2) is 6.43. The van der Waals surface area contributed by atoms with Crippen LogP contribution in [-0.2, 0) is 4.74 Å². The van der Waals surface area contributed by atoms with Crippen molar-refractivity contribution in [1.82, 2.24) is 10.2 Å². The summed E-state index contributed by atoms with van der Waals surface area (Å²) in [4.78, 5) is 12.6. The van der Waals surface area contributed by atoms with Crippen LogP contribution in [0.3, 0.4) is 0 Å². The first-order valence-corrected chi connectivity index (χ1v) is 7.76. The van der Waals surface area contributed by atoms with E-state index in [0.717, 1.165) is 5.01 Å². The van der Waals surface area contributed by atoms with Gasteiger partial charge in [0, 0.05) is 10.6 Å². The lowest BCUT2D eigenvalue weighted by Gasteiger charge is -2.10. The van der Waals surface area contributed by atoms with Crippen LogP contribution in [-0.4, -0.2) is 22.8 Å². The number of esters is 1. The molecule has 0 spiro atoms. The van der Waals surface area contributed by atoms with Crippen LogP contribution < -0.4 is 5.73 Å². The van der Waals surface area contributed by atoms with Gasteiger partial charge < -0.3 is 10.5 Å². The molecule has 0 bridgehead atoms. The smallest absolute Gasteiger partial charge is 0.339 e. The Morgan fingerprint density at radius 2 is 2.25 bits per heavy atom. The number of carbonyl (C=O) groups is 1. The number of aryl methyl sites for hydroxylation is 1. The highest BCUT2D eigenvalue weighted by Crippen LogP contribution is 2.38. The Bertz CT molecular complexity index is 646. The Kier molecular flexibility index (Phi) is 4.85. The van der Waals surface area contributed by atoms with E-state index < -0.39 is 5.97 Å². The van der Waals surface area contributed by atoms with Crippen LogP contribution in [0.25, 0.3) is 0 Å². The number of anilines is 1. The normalized spacial score (nSPS) is 10.6. The first-order valence-electron chi connectivity index (χ1n) is 5.75. The molecule has 2 rings (SSSR count). The van der Waals surface area contributed by atoms with E-state index in [-0.39, 0.29) is 6.61 Å². The molecule has 0 aliphatic heterocycles. The highest BCUT2D eigenvalue weighted by molar-refractivity contribution is 8.01. The molecule has 0 unspecified atom stereocenters. The molecule has 0 saturated carbocycles. The summed E-state index contributed by atoms with van der Waals surface area (Å²) in [5.74, 6) is -0.453. The molecule has 1 aromatic heterocycles.